The van der Waals surface area contributed by atoms with E-state index in [2.05, 4.69) is 66.2 Å². The smallest absolute Gasteiger partial charge is 0.247 e. The average molecular weight is 421 g/mol. The first-order valence-corrected chi connectivity index (χ1v) is 10.9. The number of hydrogen-bond acceptors (Lipinski definition) is 1. The van der Waals surface area contributed by atoms with Crippen LogP contribution in [0.2, 0.25) is 0 Å². The van der Waals surface area contributed by atoms with Crippen LogP contribution in [0.25, 0.3) is 6.08 Å². The number of benzene rings is 3. The lowest BCUT2D eigenvalue weighted by Crippen LogP contribution is -2.29. The van der Waals surface area contributed by atoms with Crippen molar-refractivity contribution >= 4 is 12.0 Å². The number of aromatic nitrogens is 1. The van der Waals surface area contributed by atoms with Gasteiger partial charge in [0, 0.05) is 31.1 Å². The SMILES string of the molecule is Cc1ccccc1Cn1cccc1CN(Cc1ccccc1)C(=O)C=Cc1ccccc1. The molecule has 0 aliphatic rings. The van der Waals surface area contributed by atoms with Crippen molar-refractivity contribution in [1.29, 1.82) is 0 Å². The van der Waals surface area contributed by atoms with Crippen LogP contribution in [0, 0.1) is 6.92 Å². The molecule has 3 nitrogen and oxygen atoms in total. The molecule has 0 unspecified atom stereocenters. The van der Waals surface area contributed by atoms with Gasteiger partial charge < -0.3 is 9.47 Å². The number of carbonyl (C=O) groups excluding carboxylic acids is 1. The van der Waals surface area contributed by atoms with Gasteiger partial charge in [0.25, 0.3) is 0 Å². The zero-order chi connectivity index (χ0) is 22.2. The summed E-state index contributed by atoms with van der Waals surface area (Å²) >= 11 is 0. The van der Waals surface area contributed by atoms with E-state index in [0.717, 1.165) is 23.4 Å². The summed E-state index contributed by atoms with van der Waals surface area (Å²) in [4.78, 5) is 15.1. The molecule has 0 saturated heterocycles. The molecule has 32 heavy (non-hydrogen) atoms. The van der Waals surface area contributed by atoms with Gasteiger partial charge in [0.05, 0.1) is 6.54 Å². The normalized spacial score (nSPS) is 11.0. The van der Waals surface area contributed by atoms with Crippen molar-refractivity contribution in [2.75, 3.05) is 0 Å². The van der Waals surface area contributed by atoms with E-state index in [1.54, 1.807) is 6.08 Å². The van der Waals surface area contributed by atoms with Gasteiger partial charge in [-0.3, -0.25) is 4.79 Å². The Labute approximate surface area is 190 Å². The van der Waals surface area contributed by atoms with E-state index in [1.807, 2.05) is 59.5 Å². The summed E-state index contributed by atoms with van der Waals surface area (Å²) in [7, 11) is 0. The van der Waals surface area contributed by atoms with Gasteiger partial charge in [0.15, 0.2) is 0 Å². The molecule has 0 N–H and O–H groups in total. The van der Waals surface area contributed by atoms with Crippen molar-refractivity contribution < 1.29 is 4.79 Å². The predicted molar refractivity (Wildman–Crippen MR) is 131 cm³/mol. The molecule has 1 heterocycles. The highest BCUT2D eigenvalue weighted by Gasteiger charge is 2.15. The number of amides is 1. The molecule has 0 aliphatic heterocycles. The van der Waals surface area contributed by atoms with Crippen LogP contribution in [-0.2, 0) is 24.4 Å². The standard InChI is InChI=1S/C29H28N2O/c1-24-11-8-9-16-27(24)22-30-20-10-17-28(30)23-31(21-26-14-6-3-7-15-26)29(32)19-18-25-12-4-2-5-13-25/h2-20H,21-23H2,1H3. The van der Waals surface area contributed by atoms with E-state index in [9.17, 15) is 4.79 Å². The predicted octanol–water partition coefficient (Wildman–Crippen LogP) is 6.09. The van der Waals surface area contributed by atoms with Crippen molar-refractivity contribution in [3.8, 4) is 0 Å². The second-order valence-electron chi connectivity index (χ2n) is 7.98. The monoisotopic (exact) mass is 420 g/mol. The summed E-state index contributed by atoms with van der Waals surface area (Å²) < 4.78 is 2.23. The topological polar surface area (TPSA) is 25.2 Å². The summed E-state index contributed by atoms with van der Waals surface area (Å²) in [5.74, 6) is 0.00125. The fraction of sp³-hybridized carbons (Fsp3) is 0.138. The van der Waals surface area contributed by atoms with Crippen LogP contribution in [0.4, 0.5) is 0 Å². The Hall–Kier alpha value is -3.85. The van der Waals surface area contributed by atoms with Gasteiger partial charge in [-0.2, -0.15) is 0 Å². The second kappa shape index (κ2) is 10.5. The third kappa shape index (κ3) is 5.64. The van der Waals surface area contributed by atoms with Gasteiger partial charge in [0.1, 0.15) is 0 Å². The van der Waals surface area contributed by atoms with E-state index in [4.69, 9.17) is 0 Å². The molecular weight excluding hydrogens is 392 g/mol. The van der Waals surface area contributed by atoms with E-state index in [1.165, 1.54) is 11.1 Å². The summed E-state index contributed by atoms with van der Waals surface area (Å²) in [5, 5.41) is 0. The second-order valence-corrected chi connectivity index (χ2v) is 7.98. The Bertz CT molecular complexity index is 1180. The van der Waals surface area contributed by atoms with Crippen molar-refractivity contribution in [3.05, 3.63) is 137 Å². The summed E-state index contributed by atoms with van der Waals surface area (Å²) in [6.45, 7) is 4.04. The molecule has 0 spiro atoms. The summed E-state index contributed by atoms with van der Waals surface area (Å²) in [6, 6.07) is 32.7. The first kappa shape index (κ1) is 21.4. The Kier molecular flexibility index (Phi) is 6.98. The highest BCUT2D eigenvalue weighted by Crippen LogP contribution is 2.16. The van der Waals surface area contributed by atoms with Crippen molar-refractivity contribution in [1.82, 2.24) is 9.47 Å². The Balaban J connectivity index is 1.56. The van der Waals surface area contributed by atoms with Crippen molar-refractivity contribution in [3.63, 3.8) is 0 Å². The number of carbonyl (C=O) groups is 1. The van der Waals surface area contributed by atoms with E-state index < -0.39 is 0 Å². The molecule has 4 rings (SSSR count). The molecule has 0 bridgehead atoms. The average Bonchev–Trinajstić information content (AvgIpc) is 3.26. The van der Waals surface area contributed by atoms with Crippen molar-refractivity contribution in [2.24, 2.45) is 0 Å². The lowest BCUT2D eigenvalue weighted by molar-refractivity contribution is -0.127. The van der Waals surface area contributed by atoms with Crippen LogP contribution >= 0.6 is 0 Å². The lowest BCUT2D eigenvalue weighted by atomic mass is 10.1. The zero-order valence-corrected chi connectivity index (χ0v) is 18.4. The van der Waals surface area contributed by atoms with Gasteiger partial charge in [-0.25, -0.2) is 0 Å². The molecule has 4 aromatic rings. The zero-order valence-electron chi connectivity index (χ0n) is 18.4. The van der Waals surface area contributed by atoms with Gasteiger partial charge in [-0.15, -0.1) is 0 Å². The summed E-state index contributed by atoms with van der Waals surface area (Å²) in [6.07, 6.45) is 5.65. The van der Waals surface area contributed by atoms with Crippen LogP contribution in [0.15, 0.2) is 109 Å². The molecule has 0 aliphatic carbocycles. The van der Waals surface area contributed by atoms with Crippen LogP contribution in [-0.4, -0.2) is 15.4 Å². The Morgan fingerprint density at radius 2 is 1.50 bits per heavy atom. The van der Waals surface area contributed by atoms with Crippen molar-refractivity contribution in [2.45, 2.75) is 26.6 Å². The first-order valence-electron chi connectivity index (χ1n) is 10.9. The molecule has 3 heteroatoms. The molecule has 0 saturated carbocycles. The van der Waals surface area contributed by atoms with Crippen LogP contribution in [0.1, 0.15) is 27.9 Å². The molecular formula is C29H28N2O. The molecule has 1 aromatic heterocycles. The minimum absolute atomic E-state index is 0.00125. The molecule has 3 aromatic carbocycles. The lowest BCUT2D eigenvalue weighted by Gasteiger charge is -2.23. The third-order valence-electron chi connectivity index (χ3n) is 5.62. The van der Waals surface area contributed by atoms with E-state index >= 15 is 0 Å². The van der Waals surface area contributed by atoms with Gasteiger partial charge in [0.2, 0.25) is 5.91 Å². The highest BCUT2D eigenvalue weighted by atomic mass is 16.2. The van der Waals surface area contributed by atoms with Gasteiger partial charge in [-0.05, 0) is 47.4 Å². The number of hydrogen-bond donors (Lipinski definition) is 0. The van der Waals surface area contributed by atoms with Crippen LogP contribution < -0.4 is 0 Å². The third-order valence-corrected chi connectivity index (χ3v) is 5.62. The fourth-order valence-corrected chi connectivity index (χ4v) is 3.77. The maximum Gasteiger partial charge on any atom is 0.247 e. The first-order chi connectivity index (χ1) is 15.7. The minimum Gasteiger partial charge on any atom is -0.345 e. The Morgan fingerprint density at radius 1 is 0.812 bits per heavy atom. The van der Waals surface area contributed by atoms with Crippen LogP contribution in [0.3, 0.4) is 0 Å². The molecule has 1 amide bonds. The maximum absolute atomic E-state index is 13.2. The molecule has 0 fully saturated rings. The van der Waals surface area contributed by atoms with Crippen LogP contribution in [0.5, 0.6) is 0 Å². The number of nitrogens with zero attached hydrogens (tertiary/aromatic N) is 2. The maximum atomic E-state index is 13.2. The Morgan fingerprint density at radius 3 is 2.25 bits per heavy atom. The van der Waals surface area contributed by atoms with Gasteiger partial charge in [-0.1, -0.05) is 84.9 Å². The molecule has 0 radical (unpaired) electrons. The largest absolute Gasteiger partial charge is 0.345 e. The van der Waals surface area contributed by atoms with E-state index in [-0.39, 0.29) is 5.91 Å². The minimum atomic E-state index is 0.00125. The summed E-state index contributed by atoms with van der Waals surface area (Å²) in [5.41, 5.74) is 5.81. The van der Waals surface area contributed by atoms with E-state index in [0.29, 0.717) is 13.1 Å². The fourth-order valence-electron chi connectivity index (χ4n) is 3.77. The molecule has 160 valence electrons. The number of rotatable bonds is 8. The quantitative estimate of drug-likeness (QED) is 0.317. The highest BCUT2D eigenvalue weighted by molar-refractivity contribution is 5.91. The molecule has 0 atom stereocenters. The number of aryl methyl sites for hydroxylation is 1. The van der Waals surface area contributed by atoms with Gasteiger partial charge >= 0.3 is 0 Å².